The Bertz CT molecular complexity index is 825. The number of aromatic hydroxyl groups is 1. The Morgan fingerprint density at radius 3 is 2.70 bits per heavy atom. The van der Waals surface area contributed by atoms with E-state index >= 15 is 0 Å². The largest absolute Gasteiger partial charge is 0.506 e. The summed E-state index contributed by atoms with van der Waals surface area (Å²) in [6, 6.07) is 11.6. The number of carbonyl (C=O) groups excluding carboxylic acids is 1. The van der Waals surface area contributed by atoms with Crippen LogP contribution in [0.15, 0.2) is 45.3 Å². The average Bonchev–Trinajstić information content (AvgIpc) is 2.96. The van der Waals surface area contributed by atoms with Crippen LogP contribution in [-0.2, 0) is 15.9 Å². The van der Waals surface area contributed by atoms with E-state index in [2.05, 4.69) is 66.0 Å². The van der Waals surface area contributed by atoms with Gasteiger partial charge in [0.25, 0.3) is 0 Å². The maximum absolute atomic E-state index is 12.1. The first-order chi connectivity index (χ1) is 13.0. The minimum Gasteiger partial charge on any atom is -0.506 e. The molecule has 2 aromatic rings. The van der Waals surface area contributed by atoms with E-state index in [4.69, 9.17) is 9.47 Å². The fraction of sp³-hybridized carbons (Fsp3) is 0.350. The SMILES string of the molecule is O=C(OCCCCO[C@@H]1c2ccccc2C[C@H]1Br)c1cc(Br)cc(Br)c1O. The molecular formula is C20H19Br3O4. The number of phenolic OH excluding ortho intramolecular Hbond substituents is 1. The van der Waals surface area contributed by atoms with Crippen molar-refractivity contribution in [2.75, 3.05) is 13.2 Å². The summed E-state index contributed by atoms with van der Waals surface area (Å²) in [6.07, 6.45) is 2.53. The first-order valence-corrected chi connectivity index (χ1v) is 11.2. The highest BCUT2D eigenvalue weighted by atomic mass is 79.9. The number of carbonyl (C=O) groups is 1. The van der Waals surface area contributed by atoms with E-state index in [0.29, 0.717) is 26.8 Å². The third-order valence-electron chi connectivity index (χ3n) is 4.42. The van der Waals surface area contributed by atoms with Crippen molar-refractivity contribution in [3.05, 3.63) is 62.0 Å². The summed E-state index contributed by atoms with van der Waals surface area (Å²) >= 11 is 10.2. The first kappa shape index (κ1) is 20.8. The lowest BCUT2D eigenvalue weighted by molar-refractivity contribution is 0.0407. The van der Waals surface area contributed by atoms with Gasteiger partial charge in [-0.05, 0) is 58.5 Å². The fourth-order valence-electron chi connectivity index (χ4n) is 3.08. The van der Waals surface area contributed by atoms with Crippen molar-refractivity contribution < 1.29 is 19.4 Å². The summed E-state index contributed by atoms with van der Waals surface area (Å²) < 4.78 is 12.4. The zero-order chi connectivity index (χ0) is 19.4. The molecule has 0 saturated carbocycles. The molecule has 0 bridgehead atoms. The molecule has 0 fully saturated rings. The van der Waals surface area contributed by atoms with Gasteiger partial charge in [0.1, 0.15) is 11.3 Å². The molecule has 1 aliphatic rings. The van der Waals surface area contributed by atoms with Gasteiger partial charge in [0, 0.05) is 15.9 Å². The fourth-order valence-corrected chi connectivity index (χ4v) is 5.09. The van der Waals surface area contributed by atoms with Crippen LogP contribution in [0.1, 0.15) is 40.4 Å². The number of alkyl halides is 1. The Morgan fingerprint density at radius 2 is 1.89 bits per heavy atom. The third-order valence-corrected chi connectivity index (χ3v) is 6.29. The summed E-state index contributed by atoms with van der Waals surface area (Å²) in [5.74, 6) is -0.657. The van der Waals surface area contributed by atoms with Gasteiger partial charge in [0.2, 0.25) is 0 Å². The zero-order valence-electron chi connectivity index (χ0n) is 14.5. The number of esters is 1. The molecular weight excluding hydrogens is 544 g/mol. The summed E-state index contributed by atoms with van der Waals surface area (Å²) in [5, 5.41) is 9.97. The number of hydrogen-bond acceptors (Lipinski definition) is 4. The van der Waals surface area contributed by atoms with Gasteiger partial charge in [-0.2, -0.15) is 0 Å². The molecule has 1 N–H and O–H groups in total. The van der Waals surface area contributed by atoms with Gasteiger partial charge in [-0.15, -0.1) is 0 Å². The minimum atomic E-state index is -0.541. The molecule has 0 saturated heterocycles. The van der Waals surface area contributed by atoms with Gasteiger partial charge in [0.05, 0.1) is 17.2 Å². The minimum absolute atomic E-state index is 0.0692. The Hall–Kier alpha value is -0.890. The van der Waals surface area contributed by atoms with Crippen LogP contribution in [0, 0.1) is 0 Å². The summed E-state index contributed by atoms with van der Waals surface area (Å²) in [6.45, 7) is 0.886. The van der Waals surface area contributed by atoms with Gasteiger partial charge in [0.15, 0.2) is 0 Å². The second-order valence-electron chi connectivity index (χ2n) is 6.34. The summed E-state index contributed by atoms with van der Waals surface area (Å²) in [7, 11) is 0. The average molecular weight is 563 g/mol. The van der Waals surface area contributed by atoms with Crippen molar-refractivity contribution in [3.63, 3.8) is 0 Å². The van der Waals surface area contributed by atoms with Gasteiger partial charge >= 0.3 is 5.97 Å². The van der Waals surface area contributed by atoms with E-state index in [-0.39, 0.29) is 24.0 Å². The van der Waals surface area contributed by atoms with Crippen LogP contribution in [0.25, 0.3) is 0 Å². The molecule has 0 unspecified atom stereocenters. The zero-order valence-corrected chi connectivity index (χ0v) is 19.2. The standard InChI is InChI=1S/C20H19Br3O4/c21-13-10-15(18(24)16(22)11-13)20(25)27-8-4-3-7-26-19-14-6-2-1-5-12(14)9-17(19)23/h1-2,5-6,10-11,17,19,24H,3-4,7-9H2/t17-,19-/m1/s1. The molecule has 0 aromatic heterocycles. The highest BCUT2D eigenvalue weighted by Crippen LogP contribution is 2.38. The number of phenols is 1. The van der Waals surface area contributed by atoms with E-state index < -0.39 is 5.97 Å². The number of benzene rings is 2. The third kappa shape index (κ3) is 5.13. The molecule has 1 aliphatic carbocycles. The Labute approximate surface area is 183 Å². The second kappa shape index (κ2) is 9.54. The topological polar surface area (TPSA) is 55.8 Å². The van der Waals surface area contributed by atoms with E-state index in [1.165, 1.54) is 11.1 Å². The number of fused-ring (bicyclic) bond motifs is 1. The Kier molecular flexibility index (Phi) is 7.36. The highest BCUT2D eigenvalue weighted by molar-refractivity contribution is 9.11. The molecule has 0 aliphatic heterocycles. The molecule has 4 nitrogen and oxygen atoms in total. The number of ether oxygens (including phenoxy) is 2. The van der Waals surface area contributed by atoms with Crippen LogP contribution in [0.4, 0.5) is 0 Å². The molecule has 2 atom stereocenters. The smallest absolute Gasteiger partial charge is 0.341 e. The monoisotopic (exact) mass is 560 g/mol. The first-order valence-electron chi connectivity index (χ1n) is 8.66. The molecule has 7 heteroatoms. The van der Waals surface area contributed by atoms with E-state index in [0.717, 1.165) is 12.8 Å². The molecule has 2 aromatic carbocycles. The lowest BCUT2D eigenvalue weighted by Crippen LogP contribution is -2.12. The molecule has 0 radical (unpaired) electrons. The number of unbranched alkanes of at least 4 members (excludes halogenated alkanes) is 1. The Morgan fingerprint density at radius 1 is 1.15 bits per heavy atom. The number of halogens is 3. The maximum Gasteiger partial charge on any atom is 0.341 e. The predicted octanol–water partition coefficient (Wildman–Crippen LogP) is 5.93. The van der Waals surface area contributed by atoms with Crippen LogP contribution in [0.5, 0.6) is 5.75 Å². The molecule has 0 heterocycles. The quantitative estimate of drug-likeness (QED) is 0.258. The summed E-state index contributed by atoms with van der Waals surface area (Å²) in [4.78, 5) is 12.4. The van der Waals surface area contributed by atoms with Gasteiger partial charge in [-0.1, -0.05) is 56.1 Å². The van der Waals surface area contributed by atoms with Crippen molar-refractivity contribution in [3.8, 4) is 5.75 Å². The van der Waals surface area contributed by atoms with E-state index in [1.54, 1.807) is 12.1 Å². The molecule has 27 heavy (non-hydrogen) atoms. The van der Waals surface area contributed by atoms with Crippen molar-refractivity contribution in [1.29, 1.82) is 0 Å². The molecule has 0 amide bonds. The Balaban J connectivity index is 1.41. The predicted molar refractivity (Wildman–Crippen MR) is 115 cm³/mol. The van der Waals surface area contributed by atoms with Crippen molar-refractivity contribution in [1.82, 2.24) is 0 Å². The maximum atomic E-state index is 12.1. The van der Waals surface area contributed by atoms with Gasteiger partial charge < -0.3 is 14.6 Å². The number of rotatable bonds is 7. The highest BCUT2D eigenvalue weighted by Gasteiger charge is 2.30. The molecule has 144 valence electrons. The lowest BCUT2D eigenvalue weighted by Gasteiger charge is -2.16. The lowest BCUT2D eigenvalue weighted by atomic mass is 10.1. The van der Waals surface area contributed by atoms with Crippen LogP contribution < -0.4 is 0 Å². The van der Waals surface area contributed by atoms with Gasteiger partial charge in [-0.3, -0.25) is 0 Å². The van der Waals surface area contributed by atoms with Crippen molar-refractivity contribution in [2.45, 2.75) is 30.2 Å². The molecule has 3 rings (SSSR count). The van der Waals surface area contributed by atoms with E-state index in [1.807, 2.05) is 6.07 Å². The second-order valence-corrected chi connectivity index (χ2v) is 9.28. The van der Waals surface area contributed by atoms with E-state index in [9.17, 15) is 9.90 Å². The number of hydrogen-bond donors (Lipinski definition) is 1. The molecule has 0 spiro atoms. The summed E-state index contributed by atoms with van der Waals surface area (Å²) in [5.41, 5.74) is 2.72. The van der Waals surface area contributed by atoms with Crippen LogP contribution in [0.3, 0.4) is 0 Å². The van der Waals surface area contributed by atoms with Crippen LogP contribution in [-0.4, -0.2) is 29.1 Å². The normalized spacial score (nSPS) is 18.3. The van der Waals surface area contributed by atoms with Gasteiger partial charge in [-0.25, -0.2) is 4.79 Å². The van der Waals surface area contributed by atoms with Crippen LogP contribution >= 0.6 is 47.8 Å². The van der Waals surface area contributed by atoms with Crippen molar-refractivity contribution in [2.24, 2.45) is 0 Å². The van der Waals surface area contributed by atoms with Crippen LogP contribution in [0.2, 0.25) is 0 Å². The van der Waals surface area contributed by atoms with Crippen molar-refractivity contribution >= 4 is 53.8 Å².